The van der Waals surface area contributed by atoms with E-state index in [2.05, 4.69) is 0 Å². The van der Waals surface area contributed by atoms with Crippen LogP contribution in [0.25, 0.3) is 0 Å². The molecule has 0 aliphatic rings. The van der Waals surface area contributed by atoms with Crippen molar-refractivity contribution in [1.82, 2.24) is 0 Å². The molecule has 0 spiro atoms. The quantitative estimate of drug-likeness (QED) is 0.604. The Bertz CT molecular complexity index is 690. The molecule has 0 bridgehead atoms. The summed E-state index contributed by atoms with van der Waals surface area (Å²) in [5.74, 6) is 0.0450. The van der Waals surface area contributed by atoms with Gasteiger partial charge in [-0.3, -0.25) is 10.1 Å². The molecule has 0 saturated carbocycles. The normalized spacial score (nSPS) is 10.1. The Kier molecular flexibility index (Phi) is 4.77. The van der Waals surface area contributed by atoms with E-state index in [1.807, 2.05) is 0 Å². The molecule has 0 N–H and O–H groups in total. The first kappa shape index (κ1) is 15.6. The Morgan fingerprint density at radius 2 is 1.82 bits per heavy atom. The first-order chi connectivity index (χ1) is 10.5. The third-order valence-electron chi connectivity index (χ3n) is 2.97. The van der Waals surface area contributed by atoms with E-state index in [9.17, 15) is 14.5 Å². The minimum absolute atomic E-state index is 0.00587. The molecule has 0 saturated heterocycles. The molecule has 2 rings (SSSR count). The van der Waals surface area contributed by atoms with Gasteiger partial charge in [-0.15, -0.1) is 0 Å². The van der Waals surface area contributed by atoms with E-state index in [1.54, 1.807) is 12.1 Å². The van der Waals surface area contributed by atoms with Gasteiger partial charge in [0.05, 0.1) is 25.2 Å². The van der Waals surface area contributed by atoms with Gasteiger partial charge in [0.15, 0.2) is 17.3 Å². The monoisotopic (exact) mass is 307 g/mol. The van der Waals surface area contributed by atoms with Crippen molar-refractivity contribution in [3.8, 4) is 17.2 Å². The van der Waals surface area contributed by atoms with Crippen molar-refractivity contribution in [1.29, 1.82) is 0 Å². The van der Waals surface area contributed by atoms with Crippen LogP contribution >= 0.6 is 0 Å². The van der Waals surface area contributed by atoms with Gasteiger partial charge in [-0.1, -0.05) is 6.07 Å². The number of methoxy groups -OCH3 is 2. The molecule has 0 fully saturated rings. The molecule has 0 aliphatic carbocycles. The van der Waals surface area contributed by atoms with E-state index in [0.29, 0.717) is 11.3 Å². The summed E-state index contributed by atoms with van der Waals surface area (Å²) in [7, 11) is 2.79. The Labute approximate surface area is 126 Å². The SMILES string of the molecule is COc1ccc(OCc2ccc(OC)c(F)c2)c([N+](=O)[O-])c1. The molecule has 7 heteroatoms. The lowest BCUT2D eigenvalue weighted by atomic mass is 10.2. The number of nitro groups is 1. The fourth-order valence-corrected chi connectivity index (χ4v) is 1.85. The van der Waals surface area contributed by atoms with Gasteiger partial charge in [-0.2, -0.15) is 0 Å². The van der Waals surface area contributed by atoms with Gasteiger partial charge in [0.25, 0.3) is 0 Å². The lowest BCUT2D eigenvalue weighted by Crippen LogP contribution is -2.00. The second kappa shape index (κ2) is 6.75. The summed E-state index contributed by atoms with van der Waals surface area (Å²) in [6.45, 7) is -0.00587. The summed E-state index contributed by atoms with van der Waals surface area (Å²) in [6, 6.07) is 8.61. The first-order valence-corrected chi connectivity index (χ1v) is 6.32. The van der Waals surface area contributed by atoms with Crippen LogP contribution in [0, 0.1) is 15.9 Å². The first-order valence-electron chi connectivity index (χ1n) is 6.32. The number of hydrogen-bond acceptors (Lipinski definition) is 5. The molecule has 2 aromatic carbocycles. The molecule has 0 atom stereocenters. The van der Waals surface area contributed by atoms with Gasteiger partial charge in [-0.05, 0) is 29.8 Å². The van der Waals surface area contributed by atoms with Gasteiger partial charge in [0.1, 0.15) is 12.4 Å². The van der Waals surface area contributed by atoms with Gasteiger partial charge in [0.2, 0.25) is 0 Å². The highest BCUT2D eigenvalue weighted by Gasteiger charge is 2.16. The number of hydrogen-bond donors (Lipinski definition) is 0. The third-order valence-corrected chi connectivity index (χ3v) is 2.97. The van der Waals surface area contributed by atoms with E-state index in [1.165, 1.54) is 38.5 Å². The molecule has 6 nitrogen and oxygen atoms in total. The van der Waals surface area contributed by atoms with E-state index in [4.69, 9.17) is 14.2 Å². The fraction of sp³-hybridized carbons (Fsp3) is 0.200. The zero-order valence-corrected chi connectivity index (χ0v) is 12.0. The maximum atomic E-state index is 13.6. The minimum Gasteiger partial charge on any atom is -0.496 e. The second-order valence-corrected chi connectivity index (χ2v) is 4.35. The van der Waals surface area contributed by atoms with Crippen molar-refractivity contribution in [3.63, 3.8) is 0 Å². The summed E-state index contributed by atoms with van der Waals surface area (Å²) < 4.78 is 28.7. The average molecular weight is 307 g/mol. The van der Waals surface area contributed by atoms with Crippen LogP contribution in [-0.2, 0) is 6.61 Å². The Balaban J connectivity index is 2.17. The summed E-state index contributed by atoms with van der Waals surface area (Å²) >= 11 is 0. The van der Waals surface area contributed by atoms with Gasteiger partial charge in [0, 0.05) is 0 Å². The largest absolute Gasteiger partial charge is 0.496 e. The van der Waals surface area contributed by atoms with E-state index in [0.717, 1.165) is 0 Å². The molecule has 0 aromatic heterocycles. The maximum absolute atomic E-state index is 13.6. The third kappa shape index (κ3) is 3.43. The molecule has 116 valence electrons. The van der Waals surface area contributed by atoms with Crippen molar-refractivity contribution in [2.75, 3.05) is 14.2 Å². The highest BCUT2D eigenvalue weighted by atomic mass is 19.1. The topological polar surface area (TPSA) is 70.8 Å². The number of nitrogens with zero attached hydrogens (tertiary/aromatic N) is 1. The van der Waals surface area contributed by atoms with Crippen LogP contribution in [0.15, 0.2) is 36.4 Å². The lowest BCUT2D eigenvalue weighted by molar-refractivity contribution is -0.386. The van der Waals surface area contributed by atoms with Crippen LogP contribution in [0.4, 0.5) is 10.1 Å². The Morgan fingerprint density at radius 3 is 2.41 bits per heavy atom. The Hall–Kier alpha value is -2.83. The molecule has 0 unspecified atom stereocenters. The highest BCUT2D eigenvalue weighted by Crippen LogP contribution is 2.31. The van der Waals surface area contributed by atoms with E-state index in [-0.39, 0.29) is 23.8 Å². The molecule has 0 radical (unpaired) electrons. The summed E-state index contributed by atoms with van der Waals surface area (Å²) in [5.41, 5.74) is 0.316. The number of ether oxygens (including phenoxy) is 3. The number of benzene rings is 2. The Morgan fingerprint density at radius 1 is 1.09 bits per heavy atom. The zero-order chi connectivity index (χ0) is 16.1. The van der Waals surface area contributed by atoms with E-state index < -0.39 is 10.7 Å². The van der Waals surface area contributed by atoms with Crippen molar-refractivity contribution in [2.45, 2.75) is 6.61 Å². The van der Waals surface area contributed by atoms with Crippen molar-refractivity contribution in [3.05, 3.63) is 57.9 Å². The van der Waals surface area contributed by atoms with Crippen LogP contribution in [0.3, 0.4) is 0 Å². The smallest absolute Gasteiger partial charge is 0.314 e. The molecular weight excluding hydrogens is 293 g/mol. The second-order valence-electron chi connectivity index (χ2n) is 4.35. The standard InChI is InChI=1S/C15H14FNO5/c1-20-11-4-6-15(13(8-11)17(18)19)22-9-10-3-5-14(21-2)12(16)7-10/h3-8H,9H2,1-2H3. The summed E-state index contributed by atoms with van der Waals surface area (Å²) in [6.07, 6.45) is 0. The highest BCUT2D eigenvalue weighted by molar-refractivity contribution is 5.51. The average Bonchev–Trinajstić information content (AvgIpc) is 2.52. The molecular formula is C15H14FNO5. The predicted molar refractivity (Wildman–Crippen MR) is 76.9 cm³/mol. The summed E-state index contributed by atoms with van der Waals surface area (Å²) in [5, 5.41) is 11.0. The molecule has 0 amide bonds. The number of rotatable bonds is 6. The maximum Gasteiger partial charge on any atom is 0.314 e. The molecule has 0 aliphatic heterocycles. The summed E-state index contributed by atoms with van der Waals surface area (Å²) in [4.78, 5) is 10.5. The molecule has 2 aromatic rings. The fourth-order valence-electron chi connectivity index (χ4n) is 1.85. The zero-order valence-electron chi connectivity index (χ0n) is 12.0. The van der Waals surface area contributed by atoms with Gasteiger partial charge in [-0.25, -0.2) is 4.39 Å². The number of nitro benzene ring substituents is 1. The minimum atomic E-state index is -0.563. The van der Waals surface area contributed by atoms with Crippen molar-refractivity contribution in [2.24, 2.45) is 0 Å². The van der Waals surface area contributed by atoms with Crippen molar-refractivity contribution >= 4 is 5.69 Å². The molecule has 0 heterocycles. The molecule has 22 heavy (non-hydrogen) atoms. The predicted octanol–water partition coefficient (Wildman–Crippen LogP) is 3.33. The number of halogens is 1. The lowest BCUT2D eigenvalue weighted by Gasteiger charge is -2.09. The van der Waals surface area contributed by atoms with Gasteiger partial charge >= 0.3 is 5.69 Å². The van der Waals surface area contributed by atoms with Crippen LogP contribution in [-0.4, -0.2) is 19.1 Å². The van der Waals surface area contributed by atoms with E-state index >= 15 is 0 Å². The van der Waals surface area contributed by atoms with Gasteiger partial charge < -0.3 is 14.2 Å². The van der Waals surface area contributed by atoms with Crippen LogP contribution < -0.4 is 14.2 Å². The van der Waals surface area contributed by atoms with Crippen LogP contribution in [0.1, 0.15) is 5.56 Å². The van der Waals surface area contributed by atoms with Crippen molar-refractivity contribution < 1.29 is 23.5 Å². The van der Waals surface area contributed by atoms with Crippen LogP contribution in [0.2, 0.25) is 0 Å². The van der Waals surface area contributed by atoms with Crippen LogP contribution in [0.5, 0.6) is 17.2 Å².